The van der Waals surface area contributed by atoms with Gasteiger partial charge in [0.25, 0.3) is 0 Å². The van der Waals surface area contributed by atoms with Crippen molar-refractivity contribution >= 4 is 11.6 Å². The normalized spacial score (nSPS) is 20.2. The highest BCUT2D eigenvalue weighted by atomic mass is 16.1. The Hall–Kier alpha value is -1.31. The molecule has 1 aromatic rings. The molecule has 2 aliphatic rings. The van der Waals surface area contributed by atoms with Crippen molar-refractivity contribution in [1.29, 1.82) is 0 Å². The fourth-order valence-electron chi connectivity index (χ4n) is 3.12. The van der Waals surface area contributed by atoms with Gasteiger partial charge in [0.1, 0.15) is 0 Å². The van der Waals surface area contributed by atoms with Crippen molar-refractivity contribution in [2.45, 2.75) is 57.3 Å². The lowest BCUT2D eigenvalue weighted by Crippen LogP contribution is -2.18. The first kappa shape index (κ1) is 12.7. The molecular weight excluding hydrogens is 234 g/mol. The van der Waals surface area contributed by atoms with Gasteiger partial charge in [-0.15, -0.1) is 0 Å². The summed E-state index contributed by atoms with van der Waals surface area (Å²) in [7, 11) is 0. The Labute approximate surface area is 115 Å². The highest BCUT2D eigenvalue weighted by Crippen LogP contribution is 2.40. The van der Waals surface area contributed by atoms with Gasteiger partial charge >= 0.3 is 0 Å². The molecule has 1 amide bonds. The third-order valence-corrected chi connectivity index (χ3v) is 4.44. The summed E-state index contributed by atoms with van der Waals surface area (Å²) in [5, 5.41) is 3.04. The molecular formula is C17H23NO. The van der Waals surface area contributed by atoms with Crippen LogP contribution in [0.25, 0.3) is 0 Å². The van der Waals surface area contributed by atoms with E-state index < -0.39 is 0 Å². The largest absolute Gasteiger partial charge is 0.326 e. The van der Waals surface area contributed by atoms with Crippen LogP contribution in [0.1, 0.15) is 62.8 Å². The topological polar surface area (TPSA) is 29.1 Å². The summed E-state index contributed by atoms with van der Waals surface area (Å²) in [6.45, 7) is 0. The van der Waals surface area contributed by atoms with Crippen molar-refractivity contribution in [1.82, 2.24) is 0 Å². The average molecular weight is 257 g/mol. The van der Waals surface area contributed by atoms with E-state index in [0.717, 1.165) is 11.6 Å². The van der Waals surface area contributed by atoms with Gasteiger partial charge in [-0.1, -0.05) is 31.4 Å². The average Bonchev–Trinajstić information content (AvgIpc) is 3.25. The van der Waals surface area contributed by atoms with E-state index in [1.165, 1.54) is 50.5 Å². The van der Waals surface area contributed by atoms with Gasteiger partial charge in [-0.3, -0.25) is 4.79 Å². The van der Waals surface area contributed by atoms with Crippen molar-refractivity contribution in [2.75, 3.05) is 5.32 Å². The van der Waals surface area contributed by atoms with Crippen LogP contribution in [0.2, 0.25) is 0 Å². The Kier molecular flexibility index (Phi) is 3.86. The Bertz CT molecular complexity index is 427. The zero-order valence-electron chi connectivity index (χ0n) is 11.5. The Morgan fingerprint density at radius 1 is 1.00 bits per heavy atom. The molecule has 0 atom stereocenters. The first-order valence-electron chi connectivity index (χ1n) is 7.71. The molecule has 3 rings (SSSR count). The van der Waals surface area contributed by atoms with E-state index in [1.807, 2.05) is 12.1 Å². The van der Waals surface area contributed by atoms with Gasteiger partial charge in [0, 0.05) is 12.1 Å². The number of rotatable bonds is 4. The third-order valence-electron chi connectivity index (χ3n) is 4.44. The van der Waals surface area contributed by atoms with Gasteiger partial charge in [0.15, 0.2) is 0 Å². The molecule has 19 heavy (non-hydrogen) atoms. The Morgan fingerprint density at radius 3 is 2.32 bits per heavy atom. The van der Waals surface area contributed by atoms with Crippen molar-refractivity contribution in [3.05, 3.63) is 29.8 Å². The molecule has 0 radical (unpaired) electrons. The molecule has 0 aliphatic heterocycles. The number of nitrogens with one attached hydrogen (secondary N) is 1. The van der Waals surface area contributed by atoms with Crippen LogP contribution in [0.4, 0.5) is 5.69 Å². The molecule has 0 saturated heterocycles. The van der Waals surface area contributed by atoms with Crippen molar-refractivity contribution in [3.8, 4) is 0 Å². The minimum absolute atomic E-state index is 0.186. The molecule has 2 aliphatic carbocycles. The lowest BCUT2D eigenvalue weighted by atomic mass is 9.87. The number of hydrogen-bond donors (Lipinski definition) is 1. The van der Waals surface area contributed by atoms with Crippen LogP contribution in [-0.2, 0) is 4.79 Å². The number of anilines is 1. The zero-order chi connectivity index (χ0) is 13.1. The molecule has 2 nitrogen and oxygen atoms in total. The van der Waals surface area contributed by atoms with Crippen LogP contribution in [0.3, 0.4) is 0 Å². The van der Waals surface area contributed by atoms with E-state index in [0.29, 0.717) is 12.3 Å². The summed E-state index contributed by atoms with van der Waals surface area (Å²) in [5.74, 6) is 1.58. The second-order valence-electron chi connectivity index (χ2n) is 6.15. The maximum absolute atomic E-state index is 12.0. The van der Waals surface area contributed by atoms with Gasteiger partial charge in [-0.05, 0) is 55.2 Å². The van der Waals surface area contributed by atoms with E-state index in [2.05, 4.69) is 17.4 Å². The maximum atomic E-state index is 12.0. The smallest absolute Gasteiger partial charge is 0.224 e. The molecule has 2 fully saturated rings. The van der Waals surface area contributed by atoms with Gasteiger partial charge in [-0.2, -0.15) is 0 Å². The number of amides is 1. The van der Waals surface area contributed by atoms with Crippen LogP contribution in [0.5, 0.6) is 0 Å². The molecule has 0 unspecified atom stereocenters. The van der Waals surface area contributed by atoms with Crippen LogP contribution >= 0.6 is 0 Å². The molecule has 2 saturated carbocycles. The third kappa shape index (κ3) is 3.59. The van der Waals surface area contributed by atoms with Crippen LogP contribution in [-0.4, -0.2) is 5.91 Å². The molecule has 2 heteroatoms. The lowest BCUT2D eigenvalue weighted by molar-refractivity contribution is -0.117. The number of carbonyl (C=O) groups excluding carboxylic acids is 1. The first-order valence-corrected chi connectivity index (χ1v) is 7.71. The summed E-state index contributed by atoms with van der Waals surface area (Å²) >= 11 is 0. The highest BCUT2D eigenvalue weighted by molar-refractivity contribution is 5.90. The van der Waals surface area contributed by atoms with Gasteiger partial charge in [0.2, 0.25) is 5.91 Å². The van der Waals surface area contributed by atoms with Crippen LogP contribution in [0.15, 0.2) is 24.3 Å². The predicted molar refractivity (Wildman–Crippen MR) is 78.2 cm³/mol. The second kappa shape index (κ2) is 5.77. The molecule has 0 aromatic heterocycles. The summed E-state index contributed by atoms with van der Waals surface area (Å²) in [5.41, 5.74) is 2.37. The van der Waals surface area contributed by atoms with Gasteiger partial charge in [-0.25, -0.2) is 0 Å². The summed E-state index contributed by atoms with van der Waals surface area (Å²) < 4.78 is 0. The highest BCUT2D eigenvalue weighted by Gasteiger charge is 2.23. The van der Waals surface area contributed by atoms with Crippen molar-refractivity contribution in [2.24, 2.45) is 5.92 Å². The monoisotopic (exact) mass is 257 g/mol. The lowest BCUT2D eigenvalue weighted by Gasteiger charge is -2.20. The SMILES string of the molecule is O=C(CC1CCCCC1)Nc1ccc(C2CC2)cc1. The fraction of sp³-hybridized carbons (Fsp3) is 0.588. The van der Waals surface area contributed by atoms with E-state index in [-0.39, 0.29) is 5.91 Å². The summed E-state index contributed by atoms with van der Waals surface area (Å²) in [6, 6.07) is 8.42. The van der Waals surface area contributed by atoms with E-state index in [9.17, 15) is 4.79 Å². The Balaban J connectivity index is 1.50. The molecule has 1 N–H and O–H groups in total. The number of hydrogen-bond acceptors (Lipinski definition) is 1. The van der Waals surface area contributed by atoms with E-state index >= 15 is 0 Å². The molecule has 0 bridgehead atoms. The minimum Gasteiger partial charge on any atom is -0.326 e. The van der Waals surface area contributed by atoms with Crippen molar-refractivity contribution in [3.63, 3.8) is 0 Å². The quantitative estimate of drug-likeness (QED) is 0.847. The predicted octanol–water partition coefficient (Wildman–Crippen LogP) is 4.47. The summed E-state index contributed by atoms with van der Waals surface area (Å²) in [4.78, 5) is 12.0. The van der Waals surface area contributed by atoms with Crippen molar-refractivity contribution < 1.29 is 4.79 Å². The van der Waals surface area contributed by atoms with Crippen LogP contribution in [0, 0.1) is 5.92 Å². The molecule has 0 heterocycles. The van der Waals surface area contributed by atoms with E-state index in [1.54, 1.807) is 0 Å². The summed E-state index contributed by atoms with van der Waals surface area (Å²) in [6.07, 6.45) is 9.76. The Morgan fingerprint density at radius 2 is 1.68 bits per heavy atom. The second-order valence-corrected chi connectivity index (χ2v) is 6.15. The first-order chi connectivity index (χ1) is 9.31. The van der Waals surface area contributed by atoms with Gasteiger partial charge in [0.05, 0.1) is 0 Å². The zero-order valence-corrected chi connectivity index (χ0v) is 11.5. The van der Waals surface area contributed by atoms with Crippen LogP contribution < -0.4 is 5.32 Å². The molecule has 1 aromatic carbocycles. The number of benzene rings is 1. The maximum Gasteiger partial charge on any atom is 0.224 e. The molecule has 102 valence electrons. The standard InChI is InChI=1S/C17H23NO/c19-17(12-13-4-2-1-3-5-13)18-16-10-8-15(9-11-16)14-6-7-14/h8-11,13-14H,1-7,12H2,(H,18,19). The molecule has 0 spiro atoms. The van der Waals surface area contributed by atoms with E-state index in [4.69, 9.17) is 0 Å². The fourth-order valence-corrected chi connectivity index (χ4v) is 3.12. The minimum atomic E-state index is 0.186. The number of carbonyl (C=O) groups is 1. The van der Waals surface area contributed by atoms with Gasteiger partial charge < -0.3 is 5.32 Å².